The number of nitrogens with zero attached hydrogens (tertiary/aromatic N) is 1. The minimum Gasteiger partial charge on any atom is -0.456 e. The monoisotopic (exact) mass is 506 g/mol. The number of thioether (sulfide) groups is 1. The molecule has 2 atom stereocenters. The highest BCUT2D eigenvalue weighted by Gasteiger charge is 2.25. The summed E-state index contributed by atoms with van der Waals surface area (Å²) in [5.41, 5.74) is -0.545. The number of amides is 3. The number of ether oxygens (including phenoxy) is 1. The van der Waals surface area contributed by atoms with Crippen molar-refractivity contribution in [3.63, 3.8) is 0 Å². The van der Waals surface area contributed by atoms with Crippen LogP contribution in [0, 0.1) is 5.82 Å². The Balaban J connectivity index is 2.29. The van der Waals surface area contributed by atoms with Gasteiger partial charge in [0.2, 0.25) is 5.91 Å². The molecule has 3 amide bonds. The molecule has 12 heteroatoms. The van der Waals surface area contributed by atoms with Crippen LogP contribution in [0.1, 0.15) is 49.8 Å². The maximum absolute atomic E-state index is 14.2. The summed E-state index contributed by atoms with van der Waals surface area (Å²) in [5.74, 6) is -3.41. The minimum atomic E-state index is -1.12. The van der Waals surface area contributed by atoms with Gasteiger partial charge in [-0.25, -0.2) is 14.2 Å². The smallest absolute Gasteiger partial charge is 0.328 e. The Morgan fingerprint density at radius 2 is 2.00 bits per heavy atom. The van der Waals surface area contributed by atoms with Crippen molar-refractivity contribution in [2.75, 3.05) is 5.75 Å². The number of aromatic nitrogens is 1. The van der Waals surface area contributed by atoms with Crippen LogP contribution < -0.4 is 16.0 Å². The van der Waals surface area contributed by atoms with Gasteiger partial charge in [0.15, 0.2) is 16.6 Å². The lowest BCUT2D eigenvalue weighted by atomic mass is 10.2. The molecule has 0 spiro atoms. The van der Waals surface area contributed by atoms with Crippen LogP contribution in [-0.2, 0) is 30.5 Å². The van der Waals surface area contributed by atoms with Crippen molar-refractivity contribution in [1.29, 1.82) is 0 Å². The zero-order valence-electron chi connectivity index (χ0n) is 19.6. The van der Waals surface area contributed by atoms with Gasteiger partial charge in [0.25, 0.3) is 11.8 Å². The molecular weight excluding hydrogens is 479 g/mol. The number of hydrogen-bond donors (Lipinski definition) is 3. The maximum atomic E-state index is 14.2. The largest absolute Gasteiger partial charge is 0.456 e. The second-order valence-electron chi connectivity index (χ2n) is 7.50. The summed E-state index contributed by atoms with van der Waals surface area (Å²) in [6.07, 6.45) is 3.89. The summed E-state index contributed by atoms with van der Waals surface area (Å²) in [4.78, 5) is 65.1. The summed E-state index contributed by atoms with van der Waals surface area (Å²) in [6.45, 7) is 4.22. The van der Waals surface area contributed by atoms with E-state index in [1.165, 1.54) is 32.9 Å². The molecule has 188 valence electrons. The first-order chi connectivity index (χ1) is 16.6. The Kier molecular flexibility index (Phi) is 10.6. The summed E-state index contributed by atoms with van der Waals surface area (Å²) >= 11 is 1.15. The third-order valence-corrected chi connectivity index (χ3v) is 5.51. The molecule has 3 N–H and O–H groups in total. The van der Waals surface area contributed by atoms with Gasteiger partial charge in [-0.05, 0) is 38.5 Å². The van der Waals surface area contributed by atoms with Crippen LogP contribution >= 0.6 is 11.8 Å². The number of halogens is 1. The Labute approximate surface area is 206 Å². The Morgan fingerprint density at radius 3 is 2.69 bits per heavy atom. The number of pyridine rings is 1. The van der Waals surface area contributed by atoms with E-state index in [1.54, 1.807) is 12.2 Å². The van der Waals surface area contributed by atoms with Gasteiger partial charge in [-0.3, -0.25) is 19.2 Å². The van der Waals surface area contributed by atoms with Crippen LogP contribution in [0.15, 0.2) is 36.1 Å². The normalized spacial score (nSPS) is 21.3. The van der Waals surface area contributed by atoms with E-state index in [-0.39, 0.29) is 29.5 Å². The van der Waals surface area contributed by atoms with Gasteiger partial charge >= 0.3 is 5.97 Å². The molecule has 1 aromatic heterocycles. The van der Waals surface area contributed by atoms with Crippen molar-refractivity contribution in [3.8, 4) is 0 Å². The van der Waals surface area contributed by atoms with Crippen molar-refractivity contribution in [2.24, 2.45) is 0 Å². The molecule has 2 bridgehead atoms. The number of allylic oxidation sites excluding steroid dienone is 2. The molecule has 0 fully saturated rings. The average molecular weight is 507 g/mol. The fourth-order valence-corrected chi connectivity index (χ4v) is 3.42. The number of rotatable bonds is 4. The Hall–Kier alpha value is -3.54. The lowest BCUT2D eigenvalue weighted by molar-refractivity contribution is -0.151. The van der Waals surface area contributed by atoms with E-state index in [2.05, 4.69) is 20.9 Å². The first-order valence-corrected chi connectivity index (χ1v) is 11.8. The lowest BCUT2D eigenvalue weighted by Crippen LogP contribution is -2.44. The molecule has 2 rings (SSSR count). The molecule has 2 heterocycles. The third-order valence-electron chi connectivity index (χ3n) is 4.66. The highest BCUT2D eigenvalue weighted by Crippen LogP contribution is 2.10. The fourth-order valence-electron chi connectivity index (χ4n) is 2.88. The van der Waals surface area contributed by atoms with E-state index < -0.39 is 47.3 Å². The second kappa shape index (κ2) is 13.4. The van der Waals surface area contributed by atoms with E-state index in [1.807, 2.05) is 0 Å². The number of esters is 1. The van der Waals surface area contributed by atoms with E-state index >= 15 is 0 Å². The number of carbonyl (C=O) groups is 5. The maximum Gasteiger partial charge on any atom is 0.328 e. The molecule has 1 aromatic rings. The van der Waals surface area contributed by atoms with Gasteiger partial charge in [0.05, 0.1) is 18.7 Å². The molecular formula is C23H27FN4O6S. The molecule has 0 radical (unpaired) electrons. The molecule has 0 unspecified atom stereocenters. The quantitative estimate of drug-likeness (QED) is 0.241. The lowest BCUT2D eigenvalue weighted by Gasteiger charge is -2.20. The van der Waals surface area contributed by atoms with Gasteiger partial charge in [-0.2, -0.15) is 0 Å². The number of hydrogen-bond acceptors (Lipinski definition) is 8. The zero-order valence-corrected chi connectivity index (χ0v) is 20.4. The highest BCUT2D eigenvalue weighted by atomic mass is 32.2. The van der Waals surface area contributed by atoms with Gasteiger partial charge in [-0.15, -0.1) is 0 Å². The number of nitrogens with one attached hydrogen (secondary N) is 3. The van der Waals surface area contributed by atoms with E-state index in [0.717, 1.165) is 17.8 Å². The molecule has 1 aliphatic rings. The first kappa shape index (κ1) is 27.7. The number of carbonyl (C=O) groups excluding carboxylic acids is 5. The van der Waals surface area contributed by atoms with Crippen molar-refractivity contribution >= 4 is 40.6 Å². The third kappa shape index (κ3) is 8.96. The molecule has 0 saturated carbocycles. The fraction of sp³-hybridized carbons (Fsp3) is 0.391. The average Bonchev–Trinajstić information content (AvgIpc) is 2.80. The topological polar surface area (TPSA) is 144 Å². The van der Waals surface area contributed by atoms with Gasteiger partial charge in [-0.1, -0.05) is 23.9 Å². The Bertz CT molecular complexity index is 1060. The standard InChI is InChI=1S/C23H27FN4O6S/c1-4-18-21(31)26-13(2)23(33)34-16(7-5-6-10-35-14(3)29)11-19(30)25-12-15-8-9-17(24)20(27-15)22(32)28-18/h4-5,7-9,13,16H,6,10-12H2,1-3H3,(H,25,30)(H,26,31)(H,28,32)/b7-5+,18-4-/t13-,16-/m1/s1. The molecule has 0 saturated heterocycles. The van der Waals surface area contributed by atoms with Crippen LogP contribution in [0.5, 0.6) is 0 Å². The highest BCUT2D eigenvalue weighted by molar-refractivity contribution is 8.13. The van der Waals surface area contributed by atoms with E-state index in [4.69, 9.17) is 4.74 Å². The van der Waals surface area contributed by atoms with Crippen molar-refractivity contribution in [1.82, 2.24) is 20.9 Å². The first-order valence-electron chi connectivity index (χ1n) is 10.8. The van der Waals surface area contributed by atoms with Crippen LogP contribution in [0.3, 0.4) is 0 Å². The van der Waals surface area contributed by atoms with Crippen LogP contribution in [0.2, 0.25) is 0 Å². The molecule has 35 heavy (non-hydrogen) atoms. The predicted octanol–water partition coefficient (Wildman–Crippen LogP) is 1.52. The number of cyclic esters (lactones) is 1. The van der Waals surface area contributed by atoms with Crippen LogP contribution in [0.4, 0.5) is 4.39 Å². The zero-order chi connectivity index (χ0) is 26.0. The van der Waals surface area contributed by atoms with Crippen molar-refractivity contribution < 1.29 is 33.1 Å². The summed E-state index contributed by atoms with van der Waals surface area (Å²) < 4.78 is 19.6. The van der Waals surface area contributed by atoms with Gasteiger partial charge in [0, 0.05) is 12.7 Å². The number of fused-ring (bicyclic) bond motifs is 2. The summed E-state index contributed by atoms with van der Waals surface area (Å²) in [6, 6.07) is 1.23. The summed E-state index contributed by atoms with van der Waals surface area (Å²) in [5, 5.41) is 7.25. The Morgan fingerprint density at radius 1 is 1.26 bits per heavy atom. The SMILES string of the molecule is C/C=C1\NC(=O)c2nc(ccc2F)CNC(=O)C[C@@H](/C=C/CCSC(C)=O)OC(=O)[C@@H](C)NC1=O. The van der Waals surface area contributed by atoms with E-state index in [9.17, 15) is 28.4 Å². The van der Waals surface area contributed by atoms with Gasteiger partial charge < -0.3 is 20.7 Å². The van der Waals surface area contributed by atoms with E-state index in [0.29, 0.717) is 12.2 Å². The van der Waals surface area contributed by atoms with Crippen molar-refractivity contribution in [3.05, 3.63) is 53.3 Å². The molecule has 1 aliphatic heterocycles. The second-order valence-corrected chi connectivity index (χ2v) is 8.77. The molecule has 0 aliphatic carbocycles. The predicted molar refractivity (Wildman–Crippen MR) is 126 cm³/mol. The minimum absolute atomic E-state index is 0.0206. The summed E-state index contributed by atoms with van der Waals surface area (Å²) in [7, 11) is 0. The van der Waals surface area contributed by atoms with Crippen LogP contribution in [0.25, 0.3) is 0 Å². The molecule has 10 nitrogen and oxygen atoms in total. The van der Waals surface area contributed by atoms with Crippen LogP contribution in [-0.4, -0.2) is 51.7 Å². The van der Waals surface area contributed by atoms with Crippen molar-refractivity contribution in [2.45, 2.75) is 52.3 Å². The van der Waals surface area contributed by atoms with Gasteiger partial charge in [0.1, 0.15) is 17.8 Å². The molecule has 0 aromatic carbocycles.